The average molecular weight is 418 g/mol. The van der Waals surface area contributed by atoms with E-state index in [0.717, 1.165) is 23.6 Å². The highest BCUT2D eigenvalue weighted by atomic mass is 32.2. The molecular weight excluding hydrogens is 386 g/mol. The van der Waals surface area contributed by atoms with Crippen LogP contribution in [0.1, 0.15) is 56.4 Å². The van der Waals surface area contributed by atoms with Crippen LogP contribution in [-0.4, -0.2) is 59.9 Å². The Balaban J connectivity index is 1.72. The number of hydrogen-bond acceptors (Lipinski definition) is 4. The molecule has 1 aliphatic rings. The van der Waals surface area contributed by atoms with E-state index in [1.54, 1.807) is 10.5 Å². The van der Waals surface area contributed by atoms with Crippen molar-refractivity contribution in [2.45, 2.75) is 52.0 Å². The minimum Gasteiger partial charge on any atom is -0.334 e. The number of nitrogens with zero attached hydrogens (tertiary/aromatic N) is 3. The zero-order valence-electron chi connectivity index (χ0n) is 17.4. The summed E-state index contributed by atoms with van der Waals surface area (Å²) in [6.07, 6.45) is 5.50. The third kappa shape index (κ3) is 5.14. The molecule has 0 aliphatic carbocycles. The molecule has 1 fully saturated rings. The first-order valence-corrected chi connectivity index (χ1v) is 12.2. The summed E-state index contributed by atoms with van der Waals surface area (Å²) in [5.74, 6) is 0.150. The van der Waals surface area contributed by atoms with Crippen molar-refractivity contribution in [3.63, 3.8) is 0 Å². The minimum atomic E-state index is -3.19. The second kappa shape index (κ2) is 9.67. The quantitative estimate of drug-likeness (QED) is 0.657. The molecule has 0 bridgehead atoms. The molecule has 1 aromatic heterocycles. The topological polar surface area (TPSA) is 70.6 Å². The lowest BCUT2D eigenvalue weighted by Gasteiger charge is -2.38. The number of rotatable bonds is 8. The highest BCUT2D eigenvalue weighted by Crippen LogP contribution is 2.22. The van der Waals surface area contributed by atoms with Gasteiger partial charge in [-0.15, -0.1) is 0 Å². The van der Waals surface area contributed by atoms with E-state index in [0.29, 0.717) is 44.6 Å². The van der Waals surface area contributed by atoms with Gasteiger partial charge in [-0.05, 0) is 37.1 Å². The maximum Gasteiger partial charge on any atom is 0.272 e. The molecule has 29 heavy (non-hydrogen) atoms. The molecular formula is C22H31N3O3S. The van der Waals surface area contributed by atoms with E-state index in [-0.39, 0.29) is 17.7 Å². The van der Waals surface area contributed by atoms with Crippen molar-refractivity contribution >= 4 is 26.7 Å². The van der Waals surface area contributed by atoms with Crippen molar-refractivity contribution in [2.24, 2.45) is 0 Å². The highest BCUT2D eigenvalue weighted by molar-refractivity contribution is 7.89. The third-order valence-electron chi connectivity index (χ3n) is 5.59. The van der Waals surface area contributed by atoms with Crippen molar-refractivity contribution in [3.8, 4) is 0 Å². The van der Waals surface area contributed by atoms with Crippen LogP contribution in [0, 0.1) is 0 Å². The van der Waals surface area contributed by atoms with Crippen LogP contribution < -0.4 is 0 Å². The summed E-state index contributed by atoms with van der Waals surface area (Å²) in [6.45, 7) is 5.67. The van der Waals surface area contributed by atoms with Crippen LogP contribution in [0.4, 0.5) is 0 Å². The Hall–Kier alpha value is -1.99. The van der Waals surface area contributed by atoms with Gasteiger partial charge < -0.3 is 4.90 Å². The maximum atomic E-state index is 13.2. The van der Waals surface area contributed by atoms with Gasteiger partial charge in [-0.1, -0.05) is 44.5 Å². The van der Waals surface area contributed by atoms with Crippen LogP contribution in [-0.2, 0) is 10.0 Å². The molecule has 1 saturated heterocycles. The lowest BCUT2D eigenvalue weighted by atomic mass is 10.0. The Morgan fingerprint density at radius 1 is 1.14 bits per heavy atom. The standard InChI is InChI=1S/C22H31N3O3S/c1-3-5-15-29(27,28)24-13-10-20(11-14-24)25(12-4-2)22(26)21-16-18-8-6-7-9-19(18)17-23-21/h6-9,16-17,20H,3-5,10-15H2,1-2H3. The fourth-order valence-corrected chi connectivity index (χ4v) is 5.61. The van der Waals surface area contributed by atoms with Gasteiger partial charge in [0.25, 0.3) is 5.91 Å². The second-order valence-corrected chi connectivity index (χ2v) is 9.80. The summed E-state index contributed by atoms with van der Waals surface area (Å²) < 4.78 is 26.5. The fourth-order valence-electron chi connectivity index (χ4n) is 3.93. The number of piperidine rings is 1. The molecule has 0 atom stereocenters. The molecule has 0 radical (unpaired) electrons. The van der Waals surface area contributed by atoms with Gasteiger partial charge in [0.1, 0.15) is 5.69 Å². The summed E-state index contributed by atoms with van der Waals surface area (Å²) >= 11 is 0. The number of unbranched alkanes of at least 4 members (excludes halogenated alkanes) is 1. The Morgan fingerprint density at radius 3 is 2.48 bits per heavy atom. The van der Waals surface area contributed by atoms with Crippen LogP contribution in [0.5, 0.6) is 0 Å². The van der Waals surface area contributed by atoms with Crippen LogP contribution in [0.2, 0.25) is 0 Å². The van der Waals surface area contributed by atoms with Crippen molar-refractivity contribution in [1.82, 2.24) is 14.2 Å². The number of carbonyl (C=O) groups is 1. The van der Waals surface area contributed by atoms with Crippen molar-refractivity contribution in [2.75, 3.05) is 25.4 Å². The number of hydrogen-bond donors (Lipinski definition) is 0. The van der Waals surface area contributed by atoms with Crippen LogP contribution in [0.3, 0.4) is 0 Å². The Kier molecular flexibility index (Phi) is 7.24. The zero-order valence-corrected chi connectivity index (χ0v) is 18.2. The smallest absolute Gasteiger partial charge is 0.272 e. The lowest BCUT2D eigenvalue weighted by molar-refractivity contribution is 0.0611. The Morgan fingerprint density at radius 2 is 1.83 bits per heavy atom. The third-order valence-corrected chi connectivity index (χ3v) is 7.55. The van der Waals surface area contributed by atoms with Gasteiger partial charge in [0, 0.05) is 37.3 Å². The maximum absolute atomic E-state index is 13.2. The van der Waals surface area contributed by atoms with Crippen LogP contribution >= 0.6 is 0 Å². The monoisotopic (exact) mass is 417 g/mol. The number of benzene rings is 1. The van der Waals surface area contributed by atoms with E-state index in [1.807, 2.05) is 42.2 Å². The number of aromatic nitrogens is 1. The summed E-state index contributed by atoms with van der Waals surface area (Å²) in [4.78, 5) is 19.5. The SMILES string of the molecule is CCCCS(=O)(=O)N1CCC(N(CCC)C(=O)c2cc3ccccc3cn2)CC1. The van der Waals surface area contributed by atoms with E-state index in [2.05, 4.69) is 11.9 Å². The molecule has 2 aromatic rings. The van der Waals surface area contributed by atoms with Gasteiger partial charge in [0.15, 0.2) is 0 Å². The molecule has 0 saturated carbocycles. The van der Waals surface area contributed by atoms with Crippen LogP contribution in [0.25, 0.3) is 10.8 Å². The average Bonchev–Trinajstić information content (AvgIpc) is 2.75. The first kappa shape index (κ1) is 21.7. The first-order valence-electron chi connectivity index (χ1n) is 10.6. The van der Waals surface area contributed by atoms with Gasteiger partial charge >= 0.3 is 0 Å². The summed E-state index contributed by atoms with van der Waals surface area (Å²) in [5.41, 5.74) is 0.454. The fraction of sp³-hybridized carbons (Fsp3) is 0.545. The van der Waals surface area contributed by atoms with Crippen molar-refractivity contribution < 1.29 is 13.2 Å². The Bertz CT molecular complexity index is 937. The number of amides is 1. The van der Waals surface area contributed by atoms with Gasteiger partial charge in [-0.2, -0.15) is 0 Å². The molecule has 1 aliphatic heterocycles. The molecule has 7 heteroatoms. The molecule has 0 unspecified atom stereocenters. The zero-order chi connectivity index (χ0) is 20.9. The molecule has 6 nitrogen and oxygen atoms in total. The van der Waals surface area contributed by atoms with Crippen molar-refractivity contribution in [3.05, 3.63) is 42.2 Å². The van der Waals surface area contributed by atoms with E-state index < -0.39 is 10.0 Å². The number of sulfonamides is 1. The summed E-state index contributed by atoms with van der Waals surface area (Å²) in [6, 6.07) is 9.78. The molecule has 3 rings (SSSR count). The largest absolute Gasteiger partial charge is 0.334 e. The van der Waals surface area contributed by atoms with E-state index in [1.165, 1.54) is 0 Å². The second-order valence-electron chi connectivity index (χ2n) is 7.72. The van der Waals surface area contributed by atoms with Gasteiger partial charge in [0.05, 0.1) is 5.75 Å². The predicted molar refractivity (Wildman–Crippen MR) is 116 cm³/mol. The normalized spacial score (nSPS) is 16.2. The molecule has 0 spiro atoms. The van der Waals surface area contributed by atoms with Gasteiger partial charge in [-0.25, -0.2) is 12.7 Å². The van der Waals surface area contributed by atoms with E-state index in [4.69, 9.17) is 0 Å². The summed E-state index contributed by atoms with van der Waals surface area (Å²) in [5, 5.41) is 2.01. The molecule has 1 amide bonds. The van der Waals surface area contributed by atoms with E-state index >= 15 is 0 Å². The summed E-state index contributed by atoms with van der Waals surface area (Å²) in [7, 11) is -3.19. The minimum absolute atomic E-state index is 0.0494. The molecule has 158 valence electrons. The molecule has 1 aromatic carbocycles. The first-order chi connectivity index (χ1) is 14.0. The van der Waals surface area contributed by atoms with Gasteiger partial charge in [0.2, 0.25) is 10.0 Å². The Labute approximate surface area is 174 Å². The number of carbonyl (C=O) groups excluding carboxylic acids is 1. The van der Waals surface area contributed by atoms with E-state index in [9.17, 15) is 13.2 Å². The predicted octanol–water partition coefficient (Wildman–Crippen LogP) is 3.68. The van der Waals surface area contributed by atoms with Crippen LogP contribution in [0.15, 0.2) is 36.5 Å². The highest BCUT2D eigenvalue weighted by Gasteiger charge is 2.32. The molecule has 2 heterocycles. The number of fused-ring (bicyclic) bond motifs is 1. The molecule has 0 N–H and O–H groups in total. The lowest BCUT2D eigenvalue weighted by Crippen LogP contribution is -2.49. The van der Waals surface area contributed by atoms with Crippen molar-refractivity contribution in [1.29, 1.82) is 0 Å². The van der Waals surface area contributed by atoms with Gasteiger partial charge in [-0.3, -0.25) is 9.78 Å². The number of pyridine rings is 1.